The quantitative estimate of drug-likeness (QED) is 0.446. The molecule has 0 unspecified atom stereocenters. The van der Waals surface area contributed by atoms with E-state index in [0.29, 0.717) is 17.7 Å². The summed E-state index contributed by atoms with van der Waals surface area (Å²) >= 11 is 0. The molecule has 0 aromatic carbocycles. The van der Waals surface area contributed by atoms with E-state index in [1.165, 1.54) is 38.5 Å². The molecule has 0 aliphatic rings. The molecule has 2 nitrogen and oxygen atoms in total. The molecule has 0 aliphatic heterocycles. The molecule has 0 saturated heterocycles. The molecule has 0 fully saturated rings. The molecule has 0 heterocycles. The van der Waals surface area contributed by atoms with Gasteiger partial charge in [-0.15, -0.1) is 0 Å². The highest BCUT2D eigenvalue weighted by molar-refractivity contribution is 6.74. The molecule has 1 N–H and O–H groups in total. The van der Waals surface area contributed by atoms with Crippen molar-refractivity contribution in [3.05, 3.63) is 0 Å². The molecule has 0 aromatic rings. The number of aliphatic hydroxyl groups is 1. The molecule has 3 heteroatoms. The molecule has 0 aromatic heterocycles. The Kier molecular flexibility index (Phi) is 9.21. The maximum absolute atomic E-state index is 8.70. The highest BCUT2D eigenvalue weighted by Crippen LogP contribution is 2.37. The minimum Gasteiger partial charge on any atom is -0.414 e. The summed E-state index contributed by atoms with van der Waals surface area (Å²) in [5.74, 6) is 0. The molecule has 0 saturated carbocycles. The lowest BCUT2D eigenvalue weighted by Gasteiger charge is -2.38. The SMILES string of the molecule is C[C@H](CCCCCCCCO)O[Si](C)(C)C(C)(C)C. The number of hydrogen-bond acceptors (Lipinski definition) is 2. The maximum atomic E-state index is 8.70. The Morgan fingerprint density at radius 2 is 1.42 bits per heavy atom. The topological polar surface area (TPSA) is 29.5 Å². The molecular weight excluding hydrogens is 252 g/mol. The zero-order valence-electron chi connectivity index (χ0n) is 14.1. The summed E-state index contributed by atoms with van der Waals surface area (Å²) in [5, 5.41) is 9.01. The van der Waals surface area contributed by atoms with Crippen LogP contribution in [0, 0.1) is 0 Å². The summed E-state index contributed by atoms with van der Waals surface area (Å²) in [6.07, 6.45) is 8.86. The average molecular weight is 289 g/mol. The van der Waals surface area contributed by atoms with E-state index in [1.54, 1.807) is 0 Å². The first kappa shape index (κ1) is 19.1. The molecule has 0 spiro atoms. The van der Waals surface area contributed by atoms with Crippen LogP contribution in [0.3, 0.4) is 0 Å². The van der Waals surface area contributed by atoms with Gasteiger partial charge in [-0.05, 0) is 37.9 Å². The fraction of sp³-hybridized carbons (Fsp3) is 1.00. The maximum Gasteiger partial charge on any atom is 0.192 e. The van der Waals surface area contributed by atoms with Crippen LogP contribution in [0.15, 0.2) is 0 Å². The fourth-order valence-corrected chi connectivity index (χ4v) is 3.47. The Morgan fingerprint density at radius 1 is 0.947 bits per heavy atom. The molecule has 0 aliphatic carbocycles. The number of unbranched alkanes of at least 4 members (excludes halogenated alkanes) is 5. The van der Waals surface area contributed by atoms with Crippen molar-refractivity contribution in [3.8, 4) is 0 Å². The van der Waals surface area contributed by atoms with Crippen molar-refractivity contribution in [1.29, 1.82) is 0 Å². The van der Waals surface area contributed by atoms with E-state index < -0.39 is 8.32 Å². The average Bonchev–Trinajstić information content (AvgIpc) is 2.25. The van der Waals surface area contributed by atoms with E-state index in [2.05, 4.69) is 40.8 Å². The third kappa shape index (κ3) is 8.82. The second-order valence-corrected chi connectivity index (χ2v) is 12.1. The van der Waals surface area contributed by atoms with Gasteiger partial charge in [-0.1, -0.05) is 52.9 Å². The largest absolute Gasteiger partial charge is 0.414 e. The van der Waals surface area contributed by atoms with E-state index in [4.69, 9.17) is 9.53 Å². The van der Waals surface area contributed by atoms with Crippen molar-refractivity contribution in [2.45, 2.75) is 96.9 Å². The van der Waals surface area contributed by atoms with Crippen LogP contribution in [0.5, 0.6) is 0 Å². The first-order chi connectivity index (χ1) is 8.70. The lowest BCUT2D eigenvalue weighted by Crippen LogP contribution is -2.43. The minimum atomic E-state index is -1.58. The van der Waals surface area contributed by atoms with Crippen LogP contribution < -0.4 is 0 Å². The number of aliphatic hydroxyl groups excluding tert-OH is 1. The smallest absolute Gasteiger partial charge is 0.192 e. The molecular formula is C16H36O2Si. The molecule has 19 heavy (non-hydrogen) atoms. The molecule has 0 amide bonds. The summed E-state index contributed by atoms with van der Waals surface area (Å²) in [4.78, 5) is 0. The zero-order valence-corrected chi connectivity index (χ0v) is 15.1. The van der Waals surface area contributed by atoms with Crippen molar-refractivity contribution >= 4 is 8.32 Å². The summed E-state index contributed by atoms with van der Waals surface area (Å²) < 4.78 is 6.35. The summed E-state index contributed by atoms with van der Waals surface area (Å²) in [7, 11) is -1.58. The lowest BCUT2D eigenvalue weighted by molar-refractivity contribution is 0.185. The van der Waals surface area contributed by atoms with Crippen molar-refractivity contribution in [1.82, 2.24) is 0 Å². The van der Waals surface area contributed by atoms with Gasteiger partial charge in [-0.2, -0.15) is 0 Å². The van der Waals surface area contributed by atoms with Gasteiger partial charge >= 0.3 is 0 Å². The van der Waals surface area contributed by atoms with Crippen LogP contribution in [0.25, 0.3) is 0 Å². The second-order valence-electron chi connectivity index (χ2n) is 7.32. The predicted octanol–water partition coefficient (Wildman–Crippen LogP) is 5.12. The van der Waals surface area contributed by atoms with Crippen LogP contribution in [0.1, 0.15) is 72.6 Å². The van der Waals surface area contributed by atoms with Crippen molar-refractivity contribution in [3.63, 3.8) is 0 Å². The Hall–Kier alpha value is 0.137. The van der Waals surface area contributed by atoms with Gasteiger partial charge in [0.15, 0.2) is 8.32 Å². The van der Waals surface area contributed by atoms with Crippen molar-refractivity contribution < 1.29 is 9.53 Å². The van der Waals surface area contributed by atoms with Crippen LogP contribution in [0.2, 0.25) is 18.1 Å². The van der Waals surface area contributed by atoms with Gasteiger partial charge in [-0.3, -0.25) is 0 Å². The van der Waals surface area contributed by atoms with Crippen LogP contribution in [-0.4, -0.2) is 26.1 Å². The van der Waals surface area contributed by atoms with E-state index in [9.17, 15) is 0 Å². The van der Waals surface area contributed by atoms with Crippen LogP contribution in [-0.2, 0) is 4.43 Å². The molecule has 0 radical (unpaired) electrons. The van der Waals surface area contributed by atoms with Crippen LogP contribution >= 0.6 is 0 Å². The highest BCUT2D eigenvalue weighted by Gasteiger charge is 2.38. The Bertz CT molecular complexity index is 221. The third-order valence-electron chi connectivity index (χ3n) is 4.32. The first-order valence-electron chi connectivity index (χ1n) is 7.99. The highest BCUT2D eigenvalue weighted by atomic mass is 28.4. The fourth-order valence-electron chi connectivity index (χ4n) is 1.99. The normalized spacial score (nSPS) is 14.7. The van der Waals surface area contributed by atoms with Gasteiger partial charge < -0.3 is 9.53 Å². The Labute approximate surface area is 122 Å². The van der Waals surface area contributed by atoms with Gasteiger partial charge in [0.25, 0.3) is 0 Å². The van der Waals surface area contributed by atoms with Gasteiger partial charge in [0, 0.05) is 12.7 Å². The first-order valence-corrected chi connectivity index (χ1v) is 10.9. The molecule has 0 bridgehead atoms. The molecule has 116 valence electrons. The van der Waals surface area contributed by atoms with Gasteiger partial charge in [-0.25, -0.2) is 0 Å². The van der Waals surface area contributed by atoms with E-state index in [1.807, 2.05) is 0 Å². The van der Waals surface area contributed by atoms with Gasteiger partial charge in [0.1, 0.15) is 0 Å². The number of hydrogen-bond donors (Lipinski definition) is 1. The van der Waals surface area contributed by atoms with Gasteiger partial charge in [0.2, 0.25) is 0 Å². The predicted molar refractivity (Wildman–Crippen MR) is 87.1 cm³/mol. The van der Waals surface area contributed by atoms with Crippen molar-refractivity contribution in [2.24, 2.45) is 0 Å². The molecule has 1 atom stereocenters. The minimum absolute atomic E-state index is 0.311. The zero-order chi connectivity index (χ0) is 14.9. The molecule has 0 rings (SSSR count). The van der Waals surface area contributed by atoms with E-state index >= 15 is 0 Å². The van der Waals surface area contributed by atoms with Crippen molar-refractivity contribution in [2.75, 3.05) is 6.61 Å². The standard InChI is InChI=1S/C16H36O2Si/c1-15(18-19(5,6)16(2,3)4)13-11-9-7-8-10-12-14-17/h15,17H,7-14H2,1-6H3/t15-/m1/s1. The summed E-state index contributed by atoms with van der Waals surface area (Å²) in [5.41, 5.74) is 0. The second kappa shape index (κ2) is 9.14. The summed E-state index contributed by atoms with van der Waals surface area (Å²) in [6, 6.07) is 0. The Morgan fingerprint density at radius 3 is 1.89 bits per heavy atom. The Balaban J connectivity index is 3.68. The number of rotatable bonds is 10. The van der Waals surface area contributed by atoms with Gasteiger partial charge in [0.05, 0.1) is 0 Å². The van der Waals surface area contributed by atoms with Crippen LogP contribution in [0.4, 0.5) is 0 Å². The van der Waals surface area contributed by atoms with E-state index in [0.717, 1.165) is 6.42 Å². The summed E-state index contributed by atoms with van der Waals surface area (Å²) in [6.45, 7) is 14.1. The lowest BCUT2D eigenvalue weighted by atomic mass is 10.1. The third-order valence-corrected chi connectivity index (χ3v) is 8.92. The van der Waals surface area contributed by atoms with E-state index in [-0.39, 0.29) is 0 Å². The monoisotopic (exact) mass is 288 g/mol.